The molecule has 1 aliphatic rings. The minimum absolute atomic E-state index is 0.0640. The molecule has 0 aromatic rings. The number of nitro groups is 1. The third kappa shape index (κ3) is 2.40. The van der Waals surface area contributed by atoms with Gasteiger partial charge in [0.25, 0.3) is 6.04 Å². The first-order valence-electron chi connectivity index (χ1n) is 3.11. The molecule has 0 saturated carbocycles. The minimum atomic E-state index is -1.08. The molecule has 6 nitrogen and oxygen atoms in total. The molecule has 0 fully saturated rings. The summed E-state index contributed by atoms with van der Waals surface area (Å²) >= 11 is 6.12. The van der Waals surface area contributed by atoms with Crippen LogP contribution in [0.1, 0.15) is 0 Å². The highest BCUT2D eigenvalue weighted by Crippen LogP contribution is 2.19. The van der Waals surface area contributed by atoms with E-state index in [2.05, 4.69) is 9.98 Å². The number of nitriles is 1. The first-order valence-corrected chi connectivity index (χ1v) is 4.36. The molecule has 13 heavy (non-hydrogen) atoms. The Hall–Kier alpha value is -1.13. The van der Waals surface area contributed by atoms with E-state index in [-0.39, 0.29) is 5.29 Å². The van der Waals surface area contributed by atoms with Crippen LogP contribution in [0, 0.1) is 20.8 Å². The van der Waals surface area contributed by atoms with E-state index in [1.165, 1.54) is 0 Å². The van der Waals surface area contributed by atoms with Crippen LogP contribution < -0.4 is 0 Å². The Kier molecular flexibility index (Phi) is 3.22. The normalized spacial score (nSPS) is 26.3. The van der Waals surface area contributed by atoms with E-state index in [1.54, 1.807) is 5.40 Å². The zero-order valence-electron chi connectivity index (χ0n) is 6.12. The molecule has 1 aliphatic heterocycles. The molecule has 0 bridgehead atoms. The zero-order valence-corrected chi connectivity index (χ0v) is 7.70. The molecule has 1 rings (SSSR count). The molecular formula is C5H3ClN4O2S. The van der Waals surface area contributed by atoms with Gasteiger partial charge < -0.3 is 0 Å². The Bertz CT molecular complexity index is 323. The molecular weight excluding hydrogens is 216 g/mol. The molecule has 1 heterocycles. The maximum Gasteiger partial charge on any atom is 0.280 e. The fraction of sp³-hybridized carbons (Fsp3) is 0.400. The number of thioether (sulfide) groups is 1. The molecule has 8 heteroatoms. The summed E-state index contributed by atoms with van der Waals surface area (Å²) in [7, 11) is 0. The number of amidine groups is 1. The molecule has 0 amide bonds. The van der Waals surface area contributed by atoms with Gasteiger partial charge in [-0.15, -0.1) is 0 Å². The quantitative estimate of drug-likeness (QED) is 0.297. The number of hydrogen-bond donors (Lipinski definition) is 0. The van der Waals surface area contributed by atoms with Gasteiger partial charge in [0.05, 0.1) is 6.21 Å². The van der Waals surface area contributed by atoms with Gasteiger partial charge in [-0.1, -0.05) is 0 Å². The third-order valence-electron chi connectivity index (χ3n) is 1.28. The fourth-order valence-electron chi connectivity index (χ4n) is 0.735. The van der Waals surface area contributed by atoms with Crippen LogP contribution in [-0.4, -0.2) is 27.8 Å². The summed E-state index contributed by atoms with van der Waals surface area (Å²) in [4.78, 5) is 17.0. The first-order chi connectivity index (χ1) is 6.15. The maximum atomic E-state index is 10.4. The van der Waals surface area contributed by atoms with Crippen molar-refractivity contribution in [3.05, 3.63) is 10.1 Å². The molecule has 0 aromatic heterocycles. The highest BCUT2D eigenvalue weighted by molar-refractivity contribution is 8.04. The Morgan fingerprint density at radius 2 is 2.54 bits per heavy atom. The molecule has 2 atom stereocenters. The molecule has 68 valence electrons. The van der Waals surface area contributed by atoms with Crippen molar-refractivity contribution in [1.82, 2.24) is 0 Å². The second-order valence-corrected chi connectivity index (χ2v) is 3.29. The lowest BCUT2D eigenvalue weighted by Crippen LogP contribution is -2.34. The van der Waals surface area contributed by atoms with Crippen LogP contribution in [0.15, 0.2) is 9.98 Å². The molecule has 0 spiro atoms. The fourth-order valence-corrected chi connectivity index (χ4v) is 1.52. The van der Waals surface area contributed by atoms with Crippen molar-refractivity contribution in [2.24, 2.45) is 9.98 Å². The van der Waals surface area contributed by atoms with Crippen LogP contribution in [0.5, 0.6) is 0 Å². The maximum absolute atomic E-state index is 10.4. The molecule has 0 saturated heterocycles. The molecule has 0 N–H and O–H groups in total. The summed E-state index contributed by atoms with van der Waals surface area (Å²) in [6.07, 6.45) is 1.09. The minimum Gasteiger partial charge on any atom is -0.264 e. The predicted molar refractivity (Wildman–Crippen MR) is 49.6 cm³/mol. The average molecular weight is 219 g/mol. The molecule has 0 radical (unpaired) electrons. The van der Waals surface area contributed by atoms with Crippen LogP contribution in [-0.2, 0) is 0 Å². The summed E-state index contributed by atoms with van der Waals surface area (Å²) in [5.74, 6) is 0. The highest BCUT2D eigenvalue weighted by atomic mass is 35.5. The van der Waals surface area contributed by atoms with Gasteiger partial charge in [-0.3, -0.25) is 10.1 Å². The molecule has 2 unspecified atom stereocenters. The van der Waals surface area contributed by atoms with Crippen LogP contribution in [0.3, 0.4) is 0 Å². The van der Waals surface area contributed by atoms with Gasteiger partial charge in [0.2, 0.25) is 5.29 Å². The predicted octanol–water partition coefficient (Wildman–Crippen LogP) is 0.851. The Labute approximate surface area is 82.5 Å². The van der Waals surface area contributed by atoms with Gasteiger partial charge >= 0.3 is 0 Å². The first kappa shape index (κ1) is 9.95. The number of aliphatic imine (C=N–C) groups is 2. The zero-order chi connectivity index (χ0) is 9.84. The van der Waals surface area contributed by atoms with Crippen LogP contribution in [0.2, 0.25) is 0 Å². The Balaban J connectivity index is 2.82. The second-order valence-electron chi connectivity index (χ2n) is 2.05. The lowest BCUT2D eigenvalue weighted by Gasteiger charge is -2.12. The molecule has 0 aliphatic carbocycles. The second kappa shape index (κ2) is 4.20. The number of hydrogen-bond acceptors (Lipinski definition) is 6. The van der Waals surface area contributed by atoms with E-state index in [1.807, 2.05) is 0 Å². The number of thiocyanates is 1. The smallest absolute Gasteiger partial charge is 0.264 e. The van der Waals surface area contributed by atoms with Gasteiger partial charge in [0.15, 0.2) is 5.37 Å². The average Bonchev–Trinajstić information content (AvgIpc) is 2.04. The van der Waals surface area contributed by atoms with Gasteiger partial charge in [-0.05, 0) is 23.4 Å². The van der Waals surface area contributed by atoms with E-state index in [4.69, 9.17) is 16.9 Å². The van der Waals surface area contributed by atoms with Crippen molar-refractivity contribution < 1.29 is 4.92 Å². The van der Waals surface area contributed by atoms with Gasteiger partial charge in [-0.25, -0.2) is 9.98 Å². The number of halogens is 1. The van der Waals surface area contributed by atoms with E-state index in [0.29, 0.717) is 11.8 Å². The van der Waals surface area contributed by atoms with Gasteiger partial charge in [0, 0.05) is 4.92 Å². The van der Waals surface area contributed by atoms with E-state index >= 15 is 0 Å². The van der Waals surface area contributed by atoms with Crippen molar-refractivity contribution in [2.45, 2.75) is 11.4 Å². The molecule has 0 aromatic carbocycles. The standard InChI is InChI=1S/C5H3ClN4O2S/c6-5-8-1-3(10(11)12)4(9-5)13-2-7/h1,3-4H. The third-order valence-corrected chi connectivity index (χ3v) is 2.20. The van der Waals surface area contributed by atoms with Crippen molar-refractivity contribution in [2.75, 3.05) is 0 Å². The van der Waals surface area contributed by atoms with Crippen molar-refractivity contribution in [3.8, 4) is 5.40 Å². The number of rotatable bonds is 2. The highest BCUT2D eigenvalue weighted by Gasteiger charge is 2.33. The van der Waals surface area contributed by atoms with Gasteiger partial charge in [-0.2, -0.15) is 5.26 Å². The van der Waals surface area contributed by atoms with E-state index in [0.717, 1.165) is 6.21 Å². The summed E-state index contributed by atoms with van der Waals surface area (Å²) in [6, 6.07) is -1.08. The summed E-state index contributed by atoms with van der Waals surface area (Å²) in [5, 5.41) is 19.6. The summed E-state index contributed by atoms with van der Waals surface area (Å²) < 4.78 is 0. The monoisotopic (exact) mass is 218 g/mol. The van der Waals surface area contributed by atoms with Crippen LogP contribution in [0.25, 0.3) is 0 Å². The van der Waals surface area contributed by atoms with Crippen molar-refractivity contribution in [1.29, 1.82) is 5.26 Å². The lowest BCUT2D eigenvalue weighted by molar-refractivity contribution is -0.500. The van der Waals surface area contributed by atoms with Crippen LogP contribution >= 0.6 is 23.4 Å². The van der Waals surface area contributed by atoms with Crippen molar-refractivity contribution in [3.63, 3.8) is 0 Å². The summed E-state index contributed by atoms with van der Waals surface area (Å²) in [6.45, 7) is 0. The van der Waals surface area contributed by atoms with E-state index < -0.39 is 16.3 Å². The Morgan fingerprint density at radius 3 is 3.08 bits per heavy atom. The largest absolute Gasteiger partial charge is 0.280 e. The lowest BCUT2D eigenvalue weighted by atomic mass is 10.3. The van der Waals surface area contributed by atoms with Crippen molar-refractivity contribution >= 4 is 34.9 Å². The van der Waals surface area contributed by atoms with Gasteiger partial charge in [0.1, 0.15) is 5.40 Å². The van der Waals surface area contributed by atoms with Crippen LogP contribution in [0.4, 0.5) is 0 Å². The number of nitrogens with zero attached hydrogens (tertiary/aromatic N) is 4. The van der Waals surface area contributed by atoms with E-state index in [9.17, 15) is 10.1 Å². The Morgan fingerprint density at radius 1 is 1.85 bits per heavy atom. The summed E-state index contributed by atoms with van der Waals surface area (Å²) in [5.41, 5.74) is 0. The topological polar surface area (TPSA) is 91.7 Å². The SMILES string of the molecule is N#CSC1N=C(Cl)N=CC1[N+](=O)[O-].